The molecule has 1 aliphatic rings. The van der Waals surface area contributed by atoms with E-state index in [9.17, 15) is 9.90 Å². The molecule has 0 bridgehead atoms. The van der Waals surface area contributed by atoms with Crippen molar-refractivity contribution in [2.24, 2.45) is 0 Å². The largest absolute Gasteiger partial charge is 0.480 e. The van der Waals surface area contributed by atoms with Gasteiger partial charge in [-0.25, -0.2) is 4.79 Å². The predicted octanol–water partition coefficient (Wildman–Crippen LogP) is 3.03. The molecule has 1 aromatic carbocycles. The molecule has 1 N–H and O–H groups in total. The van der Waals surface area contributed by atoms with Gasteiger partial charge in [-0.1, -0.05) is 38.1 Å². The summed E-state index contributed by atoms with van der Waals surface area (Å²) in [5.41, 5.74) is 1.32. The summed E-state index contributed by atoms with van der Waals surface area (Å²) < 4.78 is 0. The number of hydrogen-bond acceptors (Lipinski definition) is 2. The lowest BCUT2D eigenvalue weighted by Gasteiger charge is -2.38. The maximum absolute atomic E-state index is 12.0. The molecule has 1 aromatic rings. The lowest BCUT2D eigenvalue weighted by atomic mass is 9.85. The van der Waals surface area contributed by atoms with E-state index in [1.165, 1.54) is 5.56 Å². The van der Waals surface area contributed by atoms with Crippen LogP contribution < -0.4 is 0 Å². The fourth-order valence-electron chi connectivity index (χ4n) is 3.14. The number of aliphatic carboxylic acids is 1. The molecule has 1 fully saturated rings. The van der Waals surface area contributed by atoms with Gasteiger partial charge in [0.2, 0.25) is 0 Å². The quantitative estimate of drug-likeness (QED) is 0.885. The van der Waals surface area contributed by atoms with E-state index in [1.54, 1.807) is 0 Å². The molecule has 3 nitrogen and oxygen atoms in total. The van der Waals surface area contributed by atoms with E-state index in [2.05, 4.69) is 24.0 Å². The summed E-state index contributed by atoms with van der Waals surface area (Å²) in [4.78, 5) is 14.1. The maximum atomic E-state index is 12.0. The first-order chi connectivity index (χ1) is 9.15. The number of nitrogens with zero attached hydrogens (tertiary/aromatic N) is 1. The molecule has 1 atom stereocenters. The third kappa shape index (κ3) is 2.39. The lowest BCUT2D eigenvalue weighted by molar-refractivity contribution is -0.152. The SMILES string of the molecule is CCc1ccc(C(CC)(C(=O)O)N2CCCC2)cc1. The van der Waals surface area contributed by atoms with Crippen molar-refractivity contribution in [1.29, 1.82) is 0 Å². The molecule has 0 spiro atoms. The minimum Gasteiger partial charge on any atom is -0.480 e. The summed E-state index contributed by atoms with van der Waals surface area (Å²) in [6, 6.07) is 8.10. The molecule has 1 unspecified atom stereocenters. The first-order valence-corrected chi connectivity index (χ1v) is 7.23. The van der Waals surface area contributed by atoms with Gasteiger partial charge >= 0.3 is 5.97 Å². The fourth-order valence-corrected chi connectivity index (χ4v) is 3.14. The van der Waals surface area contributed by atoms with Crippen LogP contribution in [0.3, 0.4) is 0 Å². The molecule has 0 aliphatic carbocycles. The van der Waals surface area contributed by atoms with Crippen LogP contribution in [0.1, 0.15) is 44.2 Å². The van der Waals surface area contributed by atoms with Gasteiger partial charge in [0.25, 0.3) is 0 Å². The Balaban J connectivity index is 2.43. The first-order valence-electron chi connectivity index (χ1n) is 7.23. The van der Waals surface area contributed by atoms with Gasteiger partial charge in [-0.05, 0) is 49.9 Å². The average Bonchev–Trinajstić information content (AvgIpc) is 2.95. The van der Waals surface area contributed by atoms with Crippen LogP contribution in [0, 0.1) is 0 Å². The number of aryl methyl sites for hydroxylation is 1. The van der Waals surface area contributed by atoms with E-state index in [0.29, 0.717) is 6.42 Å². The number of carboxylic acids is 1. The van der Waals surface area contributed by atoms with E-state index < -0.39 is 11.5 Å². The maximum Gasteiger partial charge on any atom is 0.328 e. The highest BCUT2D eigenvalue weighted by atomic mass is 16.4. The summed E-state index contributed by atoms with van der Waals surface area (Å²) in [6.07, 6.45) is 3.79. The van der Waals surface area contributed by atoms with Crippen molar-refractivity contribution in [3.8, 4) is 0 Å². The Morgan fingerprint density at radius 2 is 1.79 bits per heavy atom. The van der Waals surface area contributed by atoms with E-state index >= 15 is 0 Å². The summed E-state index contributed by atoms with van der Waals surface area (Å²) >= 11 is 0. The van der Waals surface area contributed by atoms with Gasteiger partial charge in [0.15, 0.2) is 0 Å². The number of likely N-dealkylation sites (tertiary alicyclic amines) is 1. The molecule has 0 radical (unpaired) electrons. The van der Waals surface area contributed by atoms with Crippen molar-refractivity contribution in [3.05, 3.63) is 35.4 Å². The summed E-state index contributed by atoms with van der Waals surface area (Å²) in [7, 11) is 0. The Bertz CT molecular complexity index is 435. The third-order valence-corrected chi connectivity index (χ3v) is 4.35. The molecule has 3 heteroatoms. The highest BCUT2D eigenvalue weighted by Crippen LogP contribution is 2.35. The van der Waals surface area contributed by atoms with E-state index in [4.69, 9.17) is 0 Å². The zero-order valence-electron chi connectivity index (χ0n) is 11.9. The fraction of sp³-hybridized carbons (Fsp3) is 0.562. The Morgan fingerprint density at radius 1 is 1.21 bits per heavy atom. The average molecular weight is 261 g/mol. The molecular weight excluding hydrogens is 238 g/mol. The van der Waals surface area contributed by atoms with Crippen LogP contribution in [-0.4, -0.2) is 29.1 Å². The monoisotopic (exact) mass is 261 g/mol. The second-order valence-corrected chi connectivity index (χ2v) is 5.26. The standard InChI is InChI=1S/C16H23NO2/c1-3-13-7-9-14(10-8-13)16(4-2,15(18)19)17-11-5-6-12-17/h7-10H,3-6,11-12H2,1-2H3,(H,18,19). The Labute approximate surface area is 115 Å². The smallest absolute Gasteiger partial charge is 0.328 e. The Hall–Kier alpha value is -1.35. The van der Waals surface area contributed by atoms with Gasteiger partial charge in [0.1, 0.15) is 5.54 Å². The minimum absolute atomic E-state index is 0.605. The van der Waals surface area contributed by atoms with E-state index in [-0.39, 0.29) is 0 Å². The van der Waals surface area contributed by atoms with Gasteiger partial charge in [-0.2, -0.15) is 0 Å². The second-order valence-electron chi connectivity index (χ2n) is 5.26. The molecule has 19 heavy (non-hydrogen) atoms. The molecule has 0 aromatic heterocycles. The van der Waals surface area contributed by atoms with Crippen LogP contribution in [0.25, 0.3) is 0 Å². The Morgan fingerprint density at radius 3 is 2.21 bits per heavy atom. The van der Waals surface area contributed by atoms with Crippen molar-refractivity contribution in [3.63, 3.8) is 0 Å². The van der Waals surface area contributed by atoms with Crippen molar-refractivity contribution >= 4 is 5.97 Å². The van der Waals surface area contributed by atoms with Crippen molar-refractivity contribution < 1.29 is 9.90 Å². The van der Waals surface area contributed by atoms with Crippen LogP contribution in [0.4, 0.5) is 0 Å². The summed E-state index contributed by atoms with van der Waals surface area (Å²) in [5.74, 6) is -0.721. The van der Waals surface area contributed by atoms with E-state index in [0.717, 1.165) is 37.9 Å². The second kappa shape index (κ2) is 5.74. The van der Waals surface area contributed by atoms with Gasteiger partial charge in [0.05, 0.1) is 0 Å². The van der Waals surface area contributed by atoms with Crippen LogP contribution >= 0.6 is 0 Å². The number of hydrogen-bond donors (Lipinski definition) is 1. The zero-order valence-corrected chi connectivity index (χ0v) is 11.9. The van der Waals surface area contributed by atoms with Crippen LogP contribution in [0.2, 0.25) is 0 Å². The van der Waals surface area contributed by atoms with E-state index in [1.807, 2.05) is 19.1 Å². The topological polar surface area (TPSA) is 40.5 Å². The molecule has 1 heterocycles. The number of rotatable bonds is 5. The molecule has 1 saturated heterocycles. The van der Waals surface area contributed by atoms with Crippen LogP contribution in [-0.2, 0) is 16.8 Å². The predicted molar refractivity (Wildman–Crippen MR) is 76.2 cm³/mol. The Kier molecular flexibility index (Phi) is 4.25. The molecule has 0 saturated carbocycles. The lowest BCUT2D eigenvalue weighted by Crippen LogP contribution is -2.50. The highest BCUT2D eigenvalue weighted by Gasteiger charge is 2.45. The molecule has 104 valence electrons. The normalized spacial score (nSPS) is 19.3. The minimum atomic E-state index is -0.844. The van der Waals surface area contributed by atoms with Crippen molar-refractivity contribution in [1.82, 2.24) is 4.90 Å². The van der Waals surface area contributed by atoms with Gasteiger partial charge < -0.3 is 5.11 Å². The van der Waals surface area contributed by atoms with Crippen LogP contribution in [0.15, 0.2) is 24.3 Å². The summed E-state index contributed by atoms with van der Waals surface area (Å²) in [5, 5.41) is 9.82. The molecule has 1 aliphatic heterocycles. The molecule has 2 rings (SSSR count). The third-order valence-electron chi connectivity index (χ3n) is 4.35. The first kappa shape index (κ1) is 14.1. The molecule has 0 amide bonds. The number of carbonyl (C=O) groups is 1. The highest BCUT2D eigenvalue weighted by molar-refractivity contribution is 5.80. The number of benzene rings is 1. The van der Waals surface area contributed by atoms with Crippen molar-refractivity contribution in [2.75, 3.05) is 13.1 Å². The van der Waals surface area contributed by atoms with Gasteiger partial charge in [-0.15, -0.1) is 0 Å². The molecular formula is C16H23NO2. The van der Waals surface area contributed by atoms with Gasteiger partial charge in [-0.3, -0.25) is 4.90 Å². The van der Waals surface area contributed by atoms with Gasteiger partial charge in [0, 0.05) is 0 Å². The zero-order chi connectivity index (χ0) is 13.9. The van der Waals surface area contributed by atoms with Crippen LogP contribution in [0.5, 0.6) is 0 Å². The van der Waals surface area contributed by atoms with Crippen molar-refractivity contribution in [2.45, 2.75) is 45.1 Å². The summed E-state index contributed by atoms with van der Waals surface area (Å²) in [6.45, 7) is 5.85. The number of carboxylic acid groups (broad SMARTS) is 1.